The number of allylic oxidation sites excluding steroid dienone is 4. The maximum atomic E-state index is 10.5. The molecule has 1 rings (SSSR count). The normalized spacial score (nSPS) is 18.1. The van der Waals surface area contributed by atoms with Crippen molar-refractivity contribution in [3.63, 3.8) is 0 Å². The van der Waals surface area contributed by atoms with E-state index >= 15 is 0 Å². The fourth-order valence-corrected chi connectivity index (χ4v) is 0.826. The lowest BCUT2D eigenvalue weighted by Crippen LogP contribution is -2.00. The molecule has 0 aromatic heterocycles. The van der Waals surface area contributed by atoms with Crippen molar-refractivity contribution >= 4 is 35.5 Å². The molecule has 1 aliphatic carbocycles. The molecule has 0 saturated carbocycles. The van der Waals surface area contributed by atoms with E-state index in [2.05, 4.69) is 12.6 Å². The number of hydrogen-bond donors (Lipinski definition) is 1. The summed E-state index contributed by atoms with van der Waals surface area (Å²) in [7, 11) is 0. The van der Waals surface area contributed by atoms with Crippen molar-refractivity contribution < 1.29 is 4.79 Å². The van der Waals surface area contributed by atoms with E-state index in [0.717, 1.165) is 0 Å². The Balaban J connectivity index is 2.95. The summed E-state index contributed by atoms with van der Waals surface area (Å²) in [6.45, 7) is 0. The molecule has 1 nitrogen and oxygen atoms in total. The van der Waals surface area contributed by atoms with Crippen molar-refractivity contribution in [2.75, 3.05) is 0 Å². The first-order valence-corrected chi connectivity index (χ1v) is 3.23. The van der Waals surface area contributed by atoms with Gasteiger partial charge in [0.1, 0.15) is 0 Å². The van der Waals surface area contributed by atoms with Gasteiger partial charge in [-0.3, -0.25) is 4.79 Å². The third-order valence-corrected chi connectivity index (χ3v) is 1.81. The Morgan fingerprint density at radius 3 is 2.56 bits per heavy atom. The third kappa shape index (κ3) is 1.50. The molecule has 0 amide bonds. The molecule has 0 bridgehead atoms. The molecule has 0 radical (unpaired) electrons. The molecule has 0 aliphatic heterocycles. The van der Waals surface area contributed by atoms with Gasteiger partial charge >= 0.3 is 0 Å². The Labute approximate surface area is 63.9 Å². The Morgan fingerprint density at radius 2 is 2.11 bits per heavy atom. The van der Waals surface area contributed by atoms with Crippen LogP contribution in [0.4, 0.5) is 0 Å². The van der Waals surface area contributed by atoms with Crippen molar-refractivity contribution in [1.29, 1.82) is 0 Å². The minimum absolute atomic E-state index is 0.0476. The van der Waals surface area contributed by atoms with Crippen LogP contribution in [0.2, 0.25) is 0 Å². The molecular formula is C6H4OS2. The summed E-state index contributed by atoms with van der Waals surface area (Å²) in [5.41, 5.74) is 0. The molecule has 3 heteroatoms. The average molecular weight is 156 g/mol. The second-order valence-electron chi connectivity index (χ2n) is 1.63. The standard InChI is InChI=1S/C6H4OS2/c7-4-1-2-5(8)6(9)3-4/h1-3,9H. The van der Waals surface area contributed by atoms with Gasteiger partial charge in [-0.1, -0.05) is 12.2 Å². The van der Waals surface area contributed by atoms with Crippen molar-refractivity contribution in [2.45, 2.75) is 0 Å². The van der Waals surface area contributed by atoms with Crippen molar-refractivity contribution in [2.24, 2.45) is 0 Å². The molecule has 0 aromatic rings. The zero-order chi connectivity index (χ0) is 6.85. The number of thiol groups is 1. The minimum atomic E-state index is -0.0476. The molecule has 0 fully saturated rings. The van der Waals surface area contributed by atoms with Crippen LogP contribution in [0, 0.1) is 0 Å². The van der Waals surface area contributed by atoms with Gasteiger partial charge in [-0.15, -0.1) is 12.6 Å². The molecule has 0 heterocycles. The van der Waals surface area contributed by atoms with Gasteiger partial charge in [0.2, 0.25) is 0 Å². The summed E-state index contributed by atoms with van der Waals surface area (Å²) in [5.74, 6) is -0.0476. The fourth-order valence-electron chi connectivity index (χ4n) is 0.497. The van der Waals surface area contributed by atoms with Gasteiger partial charge in [0.25, 0.3) is 0 Å². The van der Waals surface area contributed by atoms with E-state index in [-0.39, 0.29) is 5.78 Å². The van der Waals surface area contributed by atoms with Gasteiger partial charge in [-0.25, -0.2) is 0 Å². The van der Waals surface area contributed by atoms with E-state index in [0.29, 0.717) is 9.77 Å². The monoisotopic (exact) mass is 156 g/mol. The van der Waals surface area contributed by atoms with Gasteiger partial charge in [-0.2, -0.15) is 0 Å². The molecule has 0 aromatic carbocycles. The molecular weight excluding hydrogens is 152 g/mol. The maximum absolute atomic E-state index is 10.5. The Morgan fingerprint density at radius 1 is 1.44 bits per heavy atom. The highest BCUT2D eigenvalue weighted by atomic mass is 32.1. The molecule has 1 aliphatic rings. The molecule has 0 atom stereocenters. The first-order valence-electron chi connectivity index (χ1n) is 2.37. The summed E-state index contributed by atoms with van der Waals surface area (Å²) < 4.78 is 0. The molecule has 9 heavy (non-hydrogen) atoms. The van der Waals surface area contributed by atoms with Gasteiger partial charge in [0.05, 0.1) is 4.86 Å². The van der Waals surface area contributed by atoms with E-state index < -0.39 is 0 Å². The Kier molecular flexibility index (Phi) is 1.83. The van der Waals surface area contributed by atoms with Crippen LogP contribution in [0.15, 0.2) is 23.1 Å². The number of thiocarbonyl (C=S) groups is 1. The summed E-state index contributed by atoms with van der Waals surface area (Å²) >= 11 is 8.76. The number of hydrogen-bond acceptors (Lipinski definition) is 3. The first-order chi connectivity index (χ1) is 4.20. The van der Waals surface area contributed by atoms with Crippen molar-refractivity contribution in [3.8, 4) is 0 Å². The predicted molar refractivity (Wildman–Crippen MR) is 43.8 cm³/mol. The minimum Gasteiger partial charge on any atom is -0.290 e. The van der Waals surface area contributed by atoms with Crippen LogP contribution in [-0.2, 0) is 4.79 Å². The smallest absolute Gasteiger partial charge is 0.179 e. The molecule has 0 spiro atoms. The highest BCUT2D eigenvalue weighted by molar-refractivity contribution is 7.90. The number of ketones is 1. The van der Waals surface area contributed by atoms with Crippen LogP contribution in [0.5, 0.6) is 0 Å². The van der Waals surface area contributed by atoms with Crippen LogP contribution >= 0.6 is 24.8 Å². The van der Waals surface area contributed by atoms with Gasteiger partial charge < -0.3 is 0 Å². The summed E-state index contributed by atoms with van der Waals surface area (Å²) in [6.07, 6.45) is 4.42. The van der Waals surface area contributed by atoms with E-state index in [1.54, 1.807) is 6.08 Å². The van der Waals surface area contributed by atoms with Crippen LogP contribution in [0.25, 0.3) is 0 Å². The number of carbonyl (C=O) groups is 1. The summed E-state index contributed by atoms with van der Waals surface area (Å²) in [6, 6.07) is 0. The van der Waals surface area contributed by atoms with Gasteiger partial charge in [-0.05, 0) is 12.2 Å². The second-order valence-corrected chi connectivity index (χ2v) is 2.55. The van der Waals surface area contributed by atoms with Crippen LogP contribution in [0.1, 0.15) is 0 Å². The second kappa shape index (κ2) is 2.45. The van der Waals surface area contributed by atoms with E-state index in [1.807, 2.05) is 0 Å². The van der Waals surface area contributed by atoms with Crippen LogP contribution in [0.3, 0.4) is 0 Å². The highest BCUT2D eigenvalue weighted by Gasteiger charge is 2.04. The zero-order valence-corrected chi connectivity index (χ0v) is 6.21. The number of carbonyl (C=O) groups excluding carboxylic acids is 1. The summed E-state index contributed by atoms with van der Waals surface area (Å²) in [4.78, 5) is 11.8. The van der Waals surface area contributed by atoms with Crippen LogP contribution < -0.4 is 0 Å². The SMILES string of the molecule is O=C1C=CC(=S)C(S)=C1. The highest BCUT2D eigenvalue weighted by Crippen LogP contribution is 2.09. The topological polar surface area (TPSA) is 17.1 Å². The lowest BCUT2D eigenvalue weighted by Gasteiger charge is -1.99. The van der Waals surface area contributed by atoms with Crippen molar-refractivity contribution in [1.82, 2.24) is 0 Å². The predicted octanol–water partition coefficient (Wildman–Crippen LogP) is 1.31. The van der Waals surface area contributed by atoms with Gasteiger partial charge in [0.15, 0.2) is 5.78 Å². The first kappa shape index (κ1) is 6.71. The quantitative estimate of drug-likeness (QED) is 0.420. The molecule has 0 N–H and O–H groups in total. The maximum Gasteiger partial charge on any atom is 0.179 e. The lowest BCUT2D eigenvalue weighted by atomic mass is 10.2. The van der Waals surface area contributed by atoms with E-state index in [1.165, 1.54) is 12.2 Å². The van der Waals surface area contributed by atoms with E-state index in [4.69, 9.17) is 12.2 Å². The Bertz CT molecular complexity index is 225. The summed E-state index contributed by atoms with van der Waals surface area (Å²) in [5, 5.41) is 0. The lowest BCUT2D eigenvalue weighted by molar-refractivity contribution is -0.110. The van der Waals surface area contributed by atoms with Gasteiger partial charge in [0, 0.05) is 11.0 Å². The number of rotatable bonds is 0. The fraction of sp³-hybridized carbons (Fsp3) is 0. The third-order valence-electron chi connectivity index (χ3n) is 0.930. The molecule has 0 saturated heterocycles. The zero-order valence-electron chi connectivity index (χ0n) is 4.50. The average Bonchev–Trinajstić information content (AvgIpc) is 1.80. The van der Waals surface area contributed by atoms with E-state index in [9.17, 15) is 4.79 Å². The molecule has 0 unspecified atom stereocenters. The molecule has 46 valence electrons. The van der Waals surface area contributed by atoms with Crippen molar-refractivity contribution in [3.05, 3.63) is 23.1 Å². The van der Waals surface area contributed by atoms with Crippen LogP contribution in [-0.4, -0.2) is 10.6 Å². The Hall–Kier alpha value is -0.410. The largest absolute Gasteiger partial charge is 0.290 e.